The van der Waals surface area contributed by atoms with E-state index in [1.54, 1.807) is 0 Å². The van der Waals surface area contributed by atoms with Gasteiger partial charge in [-0.15, -0.1) is 0 Å². The lowest BCUT2D eigenvalue weighted by Gasteiger charge is -2.40. The van der Waals surface area contributed by atoms with Crippen LogP contribution in [0.5, 0.6) is 0 Å². The number of hydrogen-bond acceptors (Lipinski definition) is 2. The molecule has 1 aliphatic carbocycles. The summed E-state index contributed by atoms with van der Waals surface area (Å²) in [6.07, 6.45) is 9.48. The summed E-state index contributed by atoms with van der Waals surface area (Å²) in [5.41, 5.74) is 6.16. The molecule has 0 bridgehead atoms. The summed E-state index contributed by atoms with van der Waals surface area (Å²) in [6.45, 7) is 11.4. The van der Waals surface area contributed by atoms with Crippen molar-refractivity contribution in [3.05, 3.63) is 0 Å². The molecule has 0 aliphatic heterocycles. The van der Waals surface area contributed by atoms with Crippen LogP contribution in [0.1, 0.15) is 72.6 Å². The topological polar surface area (TPSA) is 29.3 Å². The van der Waals surface area contributed by atoms with Gasteiger partial charge >= 0.3 is 0 Å². The maximum atomic E-state index is 6.16. The van der Waals surface area contributed by atoms with Crippen LogP contribution in [0.15, 0.2) is 0 Å². The molecule has 0 aromatic carbocycles. The van der Waals surface area contributed by atoms with E-state index in [2.05, 4.69) is 32.6 Å². The summed E-state index contributed by atoms with van der Waals surface area (Å²) in [5.74, 6) is 1.57. The fourth-order valence-electron chi connectivity index (χ4n) is 3.69. The van der Waals surface area contributed by atoms with Gasteiger partial charge in [0.25, 0.3) is 0 Å². The van der Waals surface area contributed by atoms with Crippen molar-refractivity contribution in [2.75, 3.05) is 13.1 Å². The van der Waals surface area contributed by atoms with E-state index in [0.29, 0.717) is 6.04 Å². The van der Waals surface area contributed by atoms with Crippen molar-refractivity contribution >= 4 is 0 Å². The van der Waals surface area contributed by atoms with E-state index in [1.165, 1.54) is 51.5 Å². The van der Waals surface area contributed by atoms with E-state index in [4.69, 9.17) is 5.73 Å². The first kappa shape index (κ1) is 17.0. The van der Waals surface area contributed by atoms with Gasteiger partial charge in [0.2, 0.25) is 0 Å². The fourth-order valence-corrected chi connectivity index (χ4v) is 3.69. The molecule has 2 heteroatoms. The molecule has 0 saturated heterocycles. The molecule has 0 aromatic rings. The van der Waals surface area contributed by atoms with E-state index >= 15 is 0 Å². The van der Waals surface area contributed by atoms with Crippen LogP contribution in [0, 0.1) is 11.8 Å². The predicted molar refractivity (Wildman–Crippen MR) is 85.3 cm³/mol. The molecule has 0 heterocycles. The summed E-state index contributed by atoms with van der Waals surface area (Å²) in [6, 6.07) is 1.42. The van der Waals surface area contributed by atoms with Gasteiger partial charge in [0, 0.05) is 18.6 Å². The van der Waals surface area contributed by atoms with Crippen LogP contribution >= 0.6 is 0 Å². The number of rotatable bonds is 9. The van der Waals surface area contributed by atoms with Crippen LogP contribution in [-0.4, -0.2) is 30.1 Å². The van der Waals surface area contributed by atoms with Gasteiger partial charge < -0.3 is 5.73 Å². The summed E-state index contributed by atoms with van der Waals surface area (Å²) in [7, 11) is 0. The first-order valence-electron chi connectivity index (χ1n) is 8.59. The molecular formula is C17H36N2. The predicted octanol–water partition coefficient (Wildman–Crippen LogP) is 4.04. The molecule has 1 fully saturated rings. The van der Waals surface area contributed by atoms with Gasteiger partial charge in [0.15, 0.2) is 0 Å². The second-order valence-corrected chi connectivity index (χ2v) is 6.74. The highest BCUT2D eigenvalue weighted by molar-refractivity contribution is 4.87. The summed E-state index contributed by atoms with van der Waals surface area (Å²) >= 11 is 0. The first-order chi connectivity index (χ1) is 9.13. The monoisotopic (exact) mass is 268 g/mol. The molecular weight excluding hydrogens is 232 g/mol. The Balaban J connectivity index is 2.72. The molecule has 1 aliphatic rings. The Morgan fingerprint density at radius 2 is 1.68 bits per heavy atom. The summed E-state index contributed by atoms with van der Waals surface area (Å²) in [4.78, 5) is 2.80. The third-order valence-corrected chi connectivity index (χ3v) is 5.02. The molecule has 1 atom stereocenters. The van der Waals surface area contributed by atoms with E-state index < -0.39 is 0 Å². The minimum absolute atomic E-state index is 0.608. The molecule has 0 spiro atoms. The van der Waals surface area contributed by atoms with Crippen LogP contribution in [0.2, 0.25) is 0 Å². The van der Waals surface area contributed by atoms with Gasteiger partial charge in [0.05, 0.1) is 0 Å². The Kier molecular flexibility index (Phi) is 8.01. The number of nitrogens with two attached hydrogens (primary N) is 1. The average molecular weight is 268 g/mol. The van der Waals surface area contributed by atoms with E-state index in [9.17, 15) is 0 Å². The molecule has 1 saturated carbocycles. The highest BCUT2D eigenvalue weighted by Crippen LogP contribution is 2.29. The Hall–Kier alpha value is -0.0800. The lowest BCUT2D eigenvalue weighted by atomic mass is 9.91. The van der Waals surface area contributed by atoms with E-state index in [1.807, 2.05) is 0 Å². The molecule has 2 N–H and O–H groups in total. The first-order valence-corrected chi connectivity index (χ1v) is 8.59. The highest BCUT2D eigenvalue weighted by Gasteiger charge is 2.31. The fraction of sp³-hybridized carbons (Fsp3) is 1.00. The second kappa shape index (κ2) is 8.97. The van der Waals surface area contributed by atoms with Crippen molar-refractivity contribution < 1.29 is 0 Å². The van der Waals surface area contributed by atoms with Gasteiger partial charge in [-0.05, 0) is 37.6 Å². The highest BCUT2D eigenvalue weighted by atomic mass is 15.2. The molecule has 1 rings (SSSR count). The third kappa shape index (κ3) is 5.07. The Morgan fingerprint density at radius 1 is 1.11 bits per heavy atom. The lowest BCUT2D eigenvalue weighted by molar-refractivity contribution is 0.0873. The molecule has 2 nitrogen and oxygen atoms in total. The second-order valence-electron chi connectivity index (χ2n) is 6.74. The van der Waals surface area contributed by atoms with Crippen molar-refractivity contribution in [3.63, 3.8) is 0 Å². The number of nitrogens with zero attached hydrogens (tertiary/aromatic N) is 1. The Labute approximate surface area is 121 Å². The largest absolute Gasteiger partial charge is 0.329 e. The normalized spacial score (nSPS) is 18.9. The van der Waals surface area contributed by atoms with Crippen LogP contribution in [0.25, 0.3) is 0 Å². The SMILES string of the molecule is CCC(CC)C(CN)N(CCC(C)C)C1CCCC1. The van der Waals surface area contributed by atoms with Crippen LogP contribution < -0.4 is 5.73 Å². The van der Waals surface area contributed by atoms with Gasteiger partial charge in [0.1, 0.15) is 0 Å². The lowest BCUT2D eigenvalue weighted by Crippen LogP contribution is -2.50. The standard InChI is InChI=1S/C17H36N2/c1-5-15(6-2)17(13-18)19(12-11-14(3)4)16-9-7-8-10-16/h14-17H,5-13,18H2,1-4H3. The smallest absolute Gasteiger partial charge is 0.0249 e. The molecule has 19 heavy (non-hydrogen) atoms. The van der Waals surface area contributed by atoms with Gasteiger partial charge in [-0.25, -0.2) is 0 Å². The maximum Gasteiger partial charge on any atom is 0.0249 e. The molecule has 0 amide bonds. The van der Waals surface area contributed by atoms with E-state index in [0.717, 1.165) is 24.4 Å². The Morgan fingerprint density at radius 3 is 2.11 bits per heavy atom. The minimum atomic E-state index is 0.608. The quantitative estimate of drug-likeness (QED) is 0.684. The van der Waals surface area contributed by atoms with Crippen molar-refractivity contribution in [1.82, 2.24) is 4.90 Å². The molecule has 0 radical (unpaired) electrons. The molecule has 114 valence electrons. The van der Waals surface area contributed by atoms with Gasteiger partial charge in [-0.1, -0.05) is 53.4 Å². The summed E-state index contributed by atoms with van der Waals surface area (Å²) in [5, 5.41) is 0. The Bertz CT molecular complexity index is 217. The maximum absolute atomic E-state index is 6.16. The molecule has 0 aromatic heterocycles. The van der Waals surface area contributed by atoms with Crippen LogP contribution in [0.3, 0.4) is 0 Å². The minimum Gasteiger partial charge on any atom is -0.329 e. The zero-order valence-corrected chi connectivity index (χ0v) is 13.7. The molecule has 1 unspecified atom stereocenters. The zero-order valence-electron chi connectivity index (χ0n) is 13.7. The van der Waals surface area contributed by atoms with Gasteiger partial charge in [-0.2, -0.15) is 0 Å². The van der Waals surface area contributed by atoms with E-state index in [-0.39, 0.29) is 0 Å². The van der Waals surface area contributed by atoms with Gasteiger partial charge in [-0.3, -0.25) is 4.90 Å². The van der Waals surface area contributed by atoms with Crippen molar-refractivity contribution in [1.29, 1.82) is 0 Å². The third-order valence-electron chi connectivity index (χ3n) is 5.02. The average Bonchev–Trinajstić information content (AvgIpc) is 2.91. The van der Waals surface area contributed by atoms with Crippen molar-refractivity contribution in [3.8, 4) is 0 Å². The number of hydrogen-bond donors (Lipinski definition) is 1. The van der Waals surface area contributed by atoms with Crippen molar-refractivity contribution in [2.24, 2.45) is 17.6 Å². The van der Waals surface area contributed by atoms with Crippen molar-refractivity contribution in [2.45, 2.75) is 84.7 Å². The van der Waals surface area contributed by atoms with Crippen LogP contribution in [-0.2, 0) is 0 Å². The summed E-state index contributed by atoms with van der Waals surface area (Å²) < 4.78 is 0. The van der Waals surface area contributed by atoms with Crippen LogP contribution in [0.4, 0.5) is 0 Å². The zero-order chi connectivity index (χ0) is 14.3.